The number of carbonyl (C=O) groups is 1. The smallest absolute Gasteiger partial charge is 0.258 e. The Morgan fingerprint density at radius 1 is 1.19 bits per heavy atom. The lowest BCUT2D eigenvalue weighted by Gasteiger charge is -2.33. The number of hydrogen-bond donors (Lipinski definition) is 1. The fourth-order valence-corrected chi connectivity index (χ4v) is 3.02. The zero-order chi connectivity index (χ0) is 15.0. The molecule has 1 amide bonds. The average Bonchev–Trinajstić information content (AvgIpc) is 2.45. The van der Waals surface area contributed by atoms with Crippen LogP contribution in [0.5, 0.6) is 0 Å². The van der Waals surface area contributed by atoms with Crippen molar-refractivity contribution in [3.05, 3.63) is 64.7 Å². The third-order valence-electron chi connectivity index (χ3n) is 4.04. The Balaban J connectivity index is 2.02. The molecule has 108 valence electrons. The zero-order valence-electron chi connectivity index (χ0n) is 12.5. The summed E-state index contributed by atoms with van der Waals surface area (Å²) in [5, 5.41) is 0. The van der Waals surface area contributed by atoms with Gasteiger partial charge in [0, 0.05) is 23.8 Å². The molecule has 0 saturated carbocycles. The Kier molecular flexibility index (Phi) is 3.52. The molecule has 2 N–H and O–H groups in total. The van der Waals surface area contributed by atoms with Gasteiger partial charge in [-0.15, -0.1) is 0 Å². The molecule has 1 heterocycles. The van der Waals surface area contributed by atoms with E-state index in [1.807, 2.05) is 55.1 Å². The minimum absolute atomic E-state index is 0.00500. The van der Waals surface area contributed by atoms with E-state index in [-0.39, 0.29) is 11.9 Å². The van der Waals surface area contributed by atoms with Gasteiger partial charge in [-0.3, -0.25) is 4.79 Å². The van der Waals surface area contributed by atoms with Gasteiger partial charge >= 0.3 is 0 Å². The number of anilines is 1. The van der Waals surface area contributed by atoms with Crippen molar-refractivity contribution in [1.29, 1.82) is 0 Å². The molecule has 1 atom stereocenters. The summed E-state index contributed by atoms with van der Waals surface area (Å²) in [7, 11) is 0. The maximum atomic E-state index is 12.9. The van der Waals surface area contributed by atoms with Gasteiger partial charge in [-0.05, 0) is 43.5 Å². The summed E-state index contributed by atoms with van der Waals surface area (Å²) in [4.78, 5) is 14.7. The lowest BCUT2D eigenvalue weighted by atomic mass is 9.96. The highest BCUT2D eigenvalue weighted by Gasteiger charge is 2.27. The summed E-state index contributed by atoms with van der Waals surface area (Å²) in [6, 6.07) is 14.0. The molecule has 0 saturated heterocycles. The first kappa shape index (κ1) is 13.8. The second kappa shape index (κ2) is 5.34. The minimum Gasteiger partial charge on any atom is -0.326 e. The Hall–Kier alpha value is -2.13. The maximum absolute atomic E-state index is 12.9. The van der Waals surface area contributed by atoms with Gasteiger partial charge in [-0.25, -0.2) is 0 Å². The van der Waals surface area contributed by atoms with E-state index in [0.717, 1.165) is 28.8 Å². The molecule has 1 aliphatic rings. The summed E-state index contributed by atoms with van der Waals surface area (Å²) in [5.74, 6) is 0.0371. The quantitative estimate of drug-likeness (QED) is 0.873. The number of amides is 1. The molecule has 0 aromatic heterocycles. The van der Waals surface area contributed by atoms with Crippen LogP contribution in [0.2, 0.25) is 0 Å². The van der Waals surface area contributed by atoms with E-state index in [2.05, 4.69) is 6.07 Å². The Labute approximate surface area is 125 Å². The lowest BCUT2D eigenvalue weighted by molar-refractivity contribution is 0.0983. The first-order valence-corrected chi connectivity index (χ1v) is 7.29. The molecule has 3 nitrogen and oxygen atoms in total. The van der Waals surface area contributed by atoms with E-state index in [4.69, 9.17) is 5.73 Å². The predicted octanol–water partition coefficient (Wildman–Crippen LogP) is 2.83. The number of para-hydroxylation sites is 1. The number of nitrogens with two attached hydrogens (primary N) is 1. The molecule has 0 fully saturated rings. The monoisotopic (exact) mass is 280 g/mol. The van der Waals surface area contributed by atoms with Gasteiger partial charge in [-0.1, -0.05) is 35.9 Å². The second-order valence-corrected chi connectivity index (χ2v) is 5.83. The molecule has 3 rings (SSSR count). The Bertz CT molecular complexity index is 693. The van der Waals surface area contributed by atoms with E-state index in [1.165, 1.54) is 5.56 Å². The van der Waals surface area contributed by atoms with E-state index < -0.39 is 0 Å². The highest BCUT2D eigenvalue weighted by atomic mass is 16.2. The number of fused-ring (bicyclic) bond motifs is 1. The van der Waals surface area contributed by atoms with Crippen LogP contribution in [0.4, 0.5) is 5.69 Å². The first-order valence-electron chi connectivity index (χ1n) is 7.29. The van der Waals surface area contributed by atoms with Crippen LogP contribution in [0.1, 0.15) is 27.0 Å². The first-order chi connectivity index (χ1) is 10.1. The van der Waals surface area contributed by atoms with Gasteiger partial charge in [0.15, 0.2) is 0 Å². The van der Waals surface area contributed by atoms with Crippen molar-refractivity contribution in [2.24, 2.45) is 5.73 Å². The van der Waals surface area contributed by atoms with Crippen LogP contribution in [-0.4, -0.2) is 18.5 Å². The van der Waals surface area contributed by atoms with Crippen LogP contribution >= 0.6 is 0 Å². The summed E-state index contributed by atoms with van der Waals surface area (Å²) >= 11 is 0. The number of carbonyl (C=O) groups excluding carboxylic acids is 1. The number of rotatable bonds is 1. The molecule has 0 spiro atoms. The molecule has 0 bridgehead atoms. The van der Waals surface area contributed by atoms with Crippen LogP contribution in [0.15, 0.2) is 42.5 Å². The molecular weight excluding hydrogens is 260 g/mol. The molecule has 3 heteroatoms. The fourth-order valence-electron chi connectivity index (χ4n) is 3.02. The third-order valence-corrected chi connectivity index (χ3v) is 4.04. The second-order valence-electron chi connectivity index (χ2n) is 5.83. The molecule has 21 heavy (non-hydrogen) atoms. The SMILES string of the molecule is Cc1ccc(C(=O)N2CC(N)Cc3ccccc32)c(C)c1. The largest absolute Gasteiger partial charge is 0.326 e. The predicted molar refractivity (Wildman–Crippen MR) is 85.7 cm³/mol. The fraction of sp³-hybridized carbons (Fsp3) is 0.278. The summed E-state index contributed by atoms with van der Waals surface area (Å²) in [5.41, 5.74) is 11.2. The van der Waals surface area contributed by atoms with Crippen molar-refractivity contribution < 1.29 is 4.79 Å². The van der Waals surface area contributed by atoms with Gasteiger partial charge in [0.25, 0.3) is 5.91 Å². The standard InChI is InChI=1S/C18H20N2O/c1-12-7-8-16(13(2)9-12)18(21)20-11-15(19)10-14-5-3-4-6-17(14)20/h3-9,15H,10-11,19H2,1-2H3. The van der Waals surface area contributed by atoms with Gasteiger partial charge < -0.3 is 10.6 Å². The number of benzene rings is 2. The lowest BCUT2D eigenvalue weighted by Crippen LogP contribution is -2.46. The van der Waals surface area contributed by atoms with Crippen molar-refractivity contribution in [3.63, 3.8) is 0 Å². The number of nitrogens with zero attached hydrogens (tertiary/aromatic N) is 1. The third kappa shape index (κ3) is 2.57. The maximum Gasteiger partial charge on any atom is 0.258 e. The normalized spacial score (nSPS) is 17.5. The topological polar surface area (TPSA) is 46.3 Å². The van der Waals surface area contributed by atoms with Crippen LogP contribution in [0.3, 0.4) is 0 Å². The molecule has 2 aromatic carbocycles. The zero-order valence-corrected chi connectivity index (χ0v) is 12.5. The molecular formula is C18H20N2O. The van der Waals surface area contributed by atoms with Gasteiger partial charge in [-0.2, -0.15) is 0 Å². The van der Waals surface area contributed by atoms with E-state index in [0.29, 0.717) is 6.54 Å². The minimum atomic E-state index is -0.00500. The van der Waals surface area contributed by atoms with Gasteiger partial charge in [0.2, 0.25) is 0 Å². The van der Waals surface area contributed by atoms with Crippen LogP contribution in [-0.2, 0) is 6.42 Å². The summed E-state index contributed by atoms with van der Waals surface area (Å²) in [6.45, 7) is 4.59. The number of aryl methyl sites for hydroxylation is 2. The molecule has 1 unspecified atom stereocenters. The van der Waals surface area contributed by atoms with Crippen molar-refractivity contribution in [2.75, 3.05) is 11.4 Å². The van der Waals surface area contributed by atoms with Gasteiger partial charge in [0.05, 0.1) is 0 Å². The summed E-state index contributed by atoms with van der Waals surface area (Å²) in [6.07, 6.45) is 0.826. The van der Waals surface area contributed by atoms with Crippen LogP contribution in [0, 0.1) is 13.8 Å². The van der Waals surface area contributed by atoms with E-state index >= 15 is 0 Å². The average molecular weight is 280 g/mol. The van der Waals surface area contributed by atoms with E-state index in [1.54, 1.807) is 0 Å². The van der Waals surface area contributed by atoms with Crippen LogP contribution < -0.4 is 10.6 Å². The van der Waals surface area contributed by atoms with E-state index in [9.17, 15) is 4.79 Å². The molecule has 0 radical (unpaired) electrons. The molecule has 2 aromatic rings. The molecule has 0 aliphatic carbocycles. The number of hydrogen-bond acceptors (Lipinski definition) is 2. The Morgan fingerprint density at radius 2 is 1.95 bits per heavy atom. The van der Waals surface area contributed by atoms with Crippen molar-refractivity contribution in [3.8, 4) is 0 Å². The van der Waals surface area contributed by atoms with Crippen LogP contribution in [0.25, 0.3) is 0 Å². The van der Waals surface area contributed by atoms with Crippen molar-refractivity contribution in [1.82, 2.24) is 0 Å². The highest BCUT2D eigenvalue weighted by Crippen LogP contribution is 2.28. The van der Waals surface area contributed by atoms with Crippen molar-refractivity contribution in [2.45, 2.75) is 26.3 Å². The highest BCUT2D eigenvalue weighted by molar-refractivity contribution is 6.07. The van der Waals surface area contributed by atoms with Gasteiger partial charge in [0.1, 0.15) is 0 Å². The molecule has 1 aliphatic heterocycles. The Morgan fingerprint density at radius 3 is 2.71 bits per heavy atom. The summed E-state index contributed by atoms with van der Waals surface area (Å²) < 4.78 is 0. The van der Waals surface area contributed by atoms with Crippen molar-refractivity contribution >= 4 is 11.6 Å².